The lowest BCUT2D eigenvalue weighted by molar-refractivity contribution is 0.237. The SMILES string of the molecule is CC(CCOc1ccc(Cc2c(-c3ccc(O)cc3)ccc3cc(O)ccc23)cc1)C1CCCCN1. The highest BCUT2D eigenvalue weighted by Crippen LogP contribution is 2.34. The first-order valence-electron chi connectivity index (χ1n) is 13.1. The van der Waals surface area contributed by atoms with E-state index < -0.39 is 0 Å². The number of ether oxygens (including phenoxy) is 1. The van der Waals surface area contributed by atoms with Gasteiger partial charge < -0.3 is 20.3 Å². The van der Waals surface area contributed by atoms with E-state index in [1.807, 2.05) is 24.3 Å². The average molecular weight is 482 g/mol. The van der Waals surface area contributed by atoms with Crippen LogP contribution in [0.3, 0.4) is 0 Å². The molecule has 36 heavy (non-hydrogen) atoms. The Morgan fingerprint density at radius 2 is 1.67 bits per heavy atom. The number of fused-ring (bicyclic) bond motifs is 1. The van der Waals surface area contributed by atoms with Gasteiger partial charge in [0.2, 0.25) is 0 Å². The van der Waals surface area contributed by atoms with Gasteiger partial charge in [-0.25, -0.2) is 0 Å². The zero-order valence-electron chi connectivity index (χ0n) is 20.9. The van der Waals surface area contributed by atoms with Gasteiger partial charge in [-0.3, -0.25) is 0 Å². The van der Waals surface area contributed by atoms with Crippen LogP contribution < -0.4 is 10.1 Å². The average Bonchev–Trinajstić information content (AvgIpc) is 2.91. The summed E-state index contributed by atoms with van der Waals surface area (Å²) >= 11 is 0. The Balaban J connectivity index is 1.32. The molecular formula is C32H35NO3. The van der Waals surface area contributed by atoms with Crippen molar-refractivity contribution in [1.29, 1.82) is 0 Å². The van der Waals surface area contributed by atoms with Gasteiger partial charge in [-0.15, -0.1) is 0 Å². The molecule has 1 heterocycles. The van der Waals surface area contributed by atoms with Crippen molar-refractivity contribution in [3.8, 4) is 28.4 Å². The number of nitrogens with one attached hydrogen (secondary N) is 1. The molecule has 0 spiro atoms. The Morgan fingerprint density at radius 3 is 2.42 bits per heavy atom. The zero-order valence-corrected chi connectivity index (χ0v) is 20.9. The highest BCUT2D eigenvalue weighted by molar-refractivity contribution is 5.93. The molecule has 3 N–H and O–H groups in total. The fourth-order valence-electron chi connectivity index (χ4n) is 5.32. The van der Waals surface area contributed by atoms with Gasteiger partial charge in [-0.05, 0) is 108 Å². The molecule has 1 aliphatic rings. The summed E-state index contributed by atoms with van der Waals surface area (Å²) in [6, 6.07) is 26.0. The summed E-state index contributed by atoms with van der Waals surface area (Å²) < 4.78 is 6.08. The molecular weight excluding hydrogens is 446 g/mol. The largest absolute Gasteiger partial charge is 0.508 e. The fraction of sp³-hybridized carbons (Fsp3) is 0.312. The van der Waals surface area contributed by atoms with Crippen molar-refractivity contribution in [3.05, 3.63) is 90.0 Å². The molecule has 1 saturated heterocycles. The van der Waals surface area contributed by atoms with Gasteiger partial charge in [0, 0.05) is 6.04 Å². The first kappa shape index (κ1) is 24.2. The Bertz CT molecular complexity index is 1290. The molecule has 4 aromatic carbocycles. The molecule has 186 valence electrons. The number of aromatic hydroxyl groups is 2. The zero-order chi connectivity index (χ0) is 24.9. The van der Waals surface area contributed by atoms with E-state index in [1.165, 1.54) is 30.4 Å². The second-order valence-corrected chi connectivity index (χ2v) is 10.0. The first-order valence-corrected chi connectivity index (χ1v) is 13.1. The maximum absolute atomic E-state index is 9.99. The summed E-state index contributed by atoms with van der Waals surface area (Å²) in [7, 11) is 0. The molecule has 1 fully saturated rings. The highest BCUT2D eigenvalue weighted by atomic mass is 16.5. The highest BCUT2D eigenvalue weighted by Gasteiger charge is 2.19. The number of hydrogen-bond acceptors (Lipinski definition) is 4. The summed E-state index contributed by atoms with van der Waals surface area (Å²) in [5, 5.41) is 25.5. The minimum atomic E-state index is 0.256. The molecule has 1 aliphatic heterocycles. The van der Waals surface area contributed by atoms with E-state index in [0.29, 0.717) is 12.0 Å². The van der Waals surface area contributed by atoms with Crippen molar-refractivity contribution in [2.45, 2.75) is 45.1 Å². The first-order chi connectivity index (χ1) is 17.6. The molecule has 4 heteroatoms. The number of benzene rings is 4. The lowest BCUT2D eigenvalue weighted by Gasteiger charge is -2.29. The molecule has 0 amide bonds. The molecule has 4 nitrogen and oxygen atoms in total. The van der Waals surface area contributed by atoms with E-state index in [2.05, 4.69) is 42.6 Å². The van der Waals surface area contributed by atoms with E-state index in [9.17, 15) is 10.2 Å². The second kappa shape index (κ2) is 11.0. The lowest BCUT2D eigenvalue weighted by Crippen LogP contribution is -2.39. The van der Waals surface area contributed by atoms with Crippen LogP contribution in [-0.4, -0.2) is 29.4 Å². The summed E-state index contributed by atoms with van der Waals surface area (Å²) in [5.41, 5.74) is 4.57. The van der Waals surface area contributed by atoms with E-state index in [4.69, 9.17) is 4.74 Å². The van der Waals surface area contributed by atoms with Crippen LogP contribution >= 0.6 is 0 Å². The summed E-state index contributed by atoms with van der Waals surface area (Å²) in [6.45, 7) is 4.20. The van der Waals surface area contributed by atoms with Crippen molar-refractivity contribution in [2.75, 3.05) is 13.2 Å². The van der Waals surface area contributed by atoms with Gasteiger partial charge >= 0.3 is 0 Å². The van der Waals surface area contributed by atoms with Gasteiger partial charge in [-0.2, -0.15) is 0 Å². The van der Waals surface area contributed by atoms with E-state index in [0.717, 1.165) is 53.6 Å². The van der Waals surface area contributed by atoms with Gasteiger partial charge in [0.05, 0.1) is 6.61 Å². The predicted octanol–water partition coefficient (Wildman–Crippen LogP) is 7.06. The van der Waals surface area contributed by atoms with Crippen LogP contribution in [0.25, 0.3) is 21.9 Å². The number of hydrogen-bond donors (Lipinski definition) is 3. The summed E-state index contributed by atoms with van der Waals surface area (Å²) in [4.78, 5) is 0. The summed E-state index contributed by atoms with van der Waals surface area (Å²) in [6.07, 6.45) is 5.71. The van der Waals surface area contributed by atoms with Crippen molar-refractivity contribution >= 4 is 10.8 Å². The minimum absolute atomic E-state index is 0.256. The van der Waals surface area contributed by atoms with Gasteiger partial charge in [0.15, 0.2) is 0 Å². The van der Waals surface area contributed by atoms with Gasteiger partial charge in [0.1, 0.15) is 17.2 Å². The van der Waals surface area contributed by atoms with Crippen molar-refractivity contribution in [1.82, 2.24) is 5.32 Å². The second-order valence-electron chi connectivity index (χ2n) is 10.0. The van der Waals surface area contributed by atoms with Crippen LogP contribution in [-0.2, 0) is 6.42 Å². The Kier molecular flexibility index (Phi) is 7.43. The van der Waals surface area contributed by atoms with Crippen LogP contribution in [0.4, 0.5) is 0 Å². The maximum Gasteiger partial charge on any atom is 0.119 e. The molecule has 0 saturated carbocycles. The van der Waals surface area contributed by atoms with Crippen molar-refractivity contribution in [2.24, 2.45) is 5.92 Å². The number of phenolic OH excluding ortho intramolecular Hbond substituents is 2. The number of phenols is 2. The third kappa shape index (κ3) is 5.66. The van der Waals surface area contributed by atoms with Gasteiger partial charge in [-0.1, -0.05) is 55.8 Å². The quantitative estimate of drug-likeness (QED) is 0.252. The maximum atomic E-state index is 9.99. The van der Waals surface area contributed by atoms with Gasteiger partial charge in [0.25, 0.3) is 0 Å². The molecule has 2 atom stereocenters. The Morgan fingerprint density at radius 1 is 0.889 bits per heavy atom. The molecule has 0 bridgehead atoms. The van der Waals surface area contributed by atoms with Crippen LogP contribution in [0.5, 0.6) is 17.2 Å². The summed E-state index contributed by atoms with van der Waals surface area (Å²) in [5.74, 6) is 2.05. The topological polar surface area (TPSA) is 61.7 Å². The Hall–Kier alpha value is -3.50. The van der Waals surface area contributed by atoms with Crippen molar-refractivity contribution in [3.63, 3.8) is 0 Å². The molecule has 0 aromatic heterocycles. The van der Waals surface area contributed by atoms with E-state index in [1.54, 1.807) is 24.3 Å². The van der Waals surface area contributed by atoms with E-state index >= 15 is 0 Å². The number of rotatable bonds is 8. The standard InChI is InChI=1S/C32H35NO3/c1-22(32-4-2-3-18-33-32)17-19-36-28-13-5-23(6-14-28)20-31-29(24-7-10-26(34)11-8-24)15-9-25-21-27(35)12-16-30(25)31/h5-16,21-22,32-35H,2-4,17-20H2,1H3. The van der Waals surface area contributed by atoms with Crippen molar-refractivity contribution < 1.29 is 14.9 Å². The normalized spacial score (nSPS) is 16.6. The predicted molar refractivity (Wildman–Crippen MR) is 147 cm³/mol. The Labute approximate surface area is 213 Å². The number of piperidine rings is 1. The minimum Gasteiger partial charge on any atom is -0.508 e. The van der Waals surface area contributed by atoms with E-state index in [-0.39, 0.29) is 11.5 Å². The third-order valence-corrected chi connectivity index (χ3v) is 7.47. The molecule has 2 unspecified atom stereocenters. The van der Waals surface area contributed by atoms with Crippen LogP contribution in [0.1, 0.15) is 43.7 Å². The lowest BCUT2D eigenvalue weighted by atomic mass is 9.90. The third-order valence-electron chi connectivity index (χ3n) is 7.47. The van der Waals surface area contributed by atoms with Crippen LogP contribution in [0.2, 0.25) is 0 Å². The van der Waals surface area contributed by atoms with Crippen LogP contribution in [0, 0.1) is 5.92 Å². The molecule has 4 aromatic rings. The molecule has 0 radical (unpaired) electrons. The monoisotopic (exact) mass is 481 g/mol. The van der Waals surface area contributed by atoms with Crippen LogP contribution in [0.15, 0.2) is 78.9 Å². The molecule has 0 aliphatic carbocycles. The molecule has 5 rings (SSSR count). The smallest absolute Gasteiger partial charge is 0.119 e. The fourth-order valence-corrected chi connectivity index (χ4v) is 5.32.